The fourth-order valence-electron chi connectivity index (χ4n) is 3.05. The first-order chi connectivity index (χ1) is 12.1. The number of hydrogen-bond donors (Lipinski definition) is 2. The van der Waals surface area contributed by atoms with Crippen molar-refractivity contribution in [3.63, 3.8) is 0 Å². The van der Waals surface area contributed by atoms with Crippen molar-refractivity contribution in [2.75, 3.05) is 20.3 Å². The summed E-state index contributed by atoms with van der Waals surface area (Å²) in [5, 5.41) is 13.4. The summed E-state index contributed by atoms with van der Waals surface area (Å²) >= 11 is 3.32. The maximum atomic E-state index is 12.6. The number of carbonyl (C=O) groups excluding carboxylic acids is 1. The van der Waals surface area contributed by atoms with Crippen LogP contribution in [0.15, 0.2) is 27.3 Å². The van der Waals surface area contributed by atoms with Crippen LogP contribution in [0.3, 0.4) is 0 Å². The standard InChI is InChI=1S/C18H22BrNO5/c1-23-6-7-24-15-8-11(9-16-14(15)10-17(19)25-16)18(22)20-12-2-4-13(21)5-3-12/h8-10,12-13,21H,2-7H2,1H3,(H,20,22). The van der Waals surface area contributed by atoms with Gasteiger partial charge in [-0.05, 0) is 53.7 Å². The van der Waals surface area contributed by atoms with Gasteiger partial charge in [0.2, 0.25) is 0 Å². The lowest BCUT2D eigenvalue weighted by molar-refractivity contribution is 0.0867. The molecular formula is C18H22BrNO5. The van der Waals surface area contributed by atoms with Crippen molar-refractivity contribution in [1.82, 2.24) is 5.32 Å². The number of fused-ring (bicyclic) bond motifs is 1. The Labute approximate surface area is 154 Å². The molecule has 2 N–H and O–H groups in total. The highest BCUT2D eigenvalue weighted by atomic mass is 79.9. The Kier molecular flexibility index (Phi) is 5.98. The number of aliphatic hydroxyl groups is 1. The number of nitrogens with one attached hydrogen (secondary N) is 1. The average Bonchev–Trinajstić information content (AvgIpc) is 2.97. The largest absolute Gasteiger partial charge is 0.490 e. The molecule has 1 aromatic heterocycles. The fraction of sp³-hybridized carbons (Fsp3) is 0.500. The number of hydrogen-bond acceptors (Lipinski definition) is 5. The molecule has 0 unspecified atom stereocenters. The van der Waals surface area contributed by atoms with Crippen molar-refractivity contribution < 1.29 is 23.8 Å². The first kappa shape index (κ1) is 18.2. The molecule has 2 aromatic rings. The van der Waals surface area contributed by atoms with Crippen LogP contribution in [0.5, 0.6) is 5.75 Å². The van der Waals surface area contributed by atoms with Crippen LogP contribution in [-0.2, 0) is 4.74 Å². The number of halogens is 1. The van der Waals surface area contributed by atoms with Gasteiger partial charge in [-0.1, -0.05) is 0 Å². The summed E-state index contributed by atoms with van der Waals surface area (Å²) in [6, 6.07) is 5.36. The zero-order chi connectivity index (χ0) is 17.8. The van der Waals surface area contributed by atoms with Gasteiger partial charge >= 0.3 is 0 Å². The topological polar surface area (TPSA) is 80.9 Å². The van der Waals surface area contributed by atoms with Gasteiger partial charge in [-0.2, -0.15) is 0 Å². The second kappa shape index (κ2) is 8.21. The third-order valence-corrected chi connectivity index (χ3v) is 4.80. The van der Waals surface area contributed by atoms with E-state index in [2.05, 4.69) is 21.2 Å². The van der Waals surface area contributed by atoms with E-state index in [9.17, 15) is 9.90 Å². The van der Waals surface area contributed by atoms with Crippen molar-refractivity contribution in [2.45, 2.75) is 37.8 Å². The SMILES string of the molecule is COCCOc1cc(C(=O)NC2CCC(O)CC2)cc2oc(Br)cc12. The monoisotopic (exact) mass is 411 g/mol. The Bertz CT molecular complexity index is 736. The van der Waals surface area contributed by atoms with Crippen molar-refractivity contribution in [1.29, 1.82) is 0 Å². The van der Waals surface area contributed by atoms with Crippen LogP contribution >= 0.6 is 15.9 Å². The van der Waals surface area contributed by atoms with Crippen molar-refractivity contribution in [2.24, 2.45) is 0 Å². The van der Waals surface area contributed by atoms with Gasteiger partial charge in [-0.25, -0.2) is 0 Å². The van der Waals surface area contributed by atoms with Crippen molar-refractivity contribution in [3.05, 3.63) is 28.4 Å². The second-order valence-electron chi connectivity index (χ2n) is 6.26. The molecule has 7 heteroatoms. The van der Waals surface area contributed by atoms with Gasteiger partial charge in [0.1, 0.15) is 17.9 Å². The summed E-state index contributed by atoms with van der Waals surface area (Å²) in [6.07, 6.45) is 2.78. The van der Waals surface area contributed by atoms with Crippen LogP contribution in [-0.4, -0.2) is 43.5 Å². The van der Waals surface area contributed by atoms with E-state index in [0.717, 1.165) is 31.1 Å². The molecule has 0 aliphatic heterocycles. The van der Waals surface area contributed by atoms with Crippen LogP contribution in [0.1, 0.15) is 36.0 Å². The summed E-state index contributed by atoms with van der Waals surface area (Å²) in [4.78, 5) is 12.6. The summed E-state index contributed by atoms with van der Waals surface area (Å²) in [7, 11) is 1.61. The molecule has 25 heavy (non-hydrogen) atoms. The minimum atomic E-state index is -0.245. The molecule has 0 saturated heterocycles. The molecule has 1 amide bonds. The summed E-state index contributed by atoms with van der Waals surface area (Å²) < 4.78 is 16.9. The quantitative estimate of drug-likeness (QED) is 0.712. The Balaban J connectivity index is 1.78. The number of furan rings is 1. The molecular weight excluding hydrogens is 390 g/mol. The van der Waals surface area contributed by atoms with Crippen molar-refractivity contribution >= 4 is 32.8 Å². The number of amides is 1. The molecule has 1 aliphatic carbocycles. The third-order valence-electron chi connectivity index (χ3n) is 4.41. The van der Waals surface area contributed by atoms with E-state index in [1.807, 2.05) is 6.07 Å². The second-order valence-corrected chi connectivity index (χ2v) is 7.04. The van der Waals surface area contributed by atoms with Gasteiger partial charge < -0.3 is 24.3 Å². The third kappa shape index (κ3) is 4.54. The molecule has 6 nitrogen and oxygen atoms in total. The summed E-state index contributed by atoms with van der Waals surface area (Å²) in [6.45, 7) is 0.849. The molecule has 0 radical (unpaired) electrons. The highest BCUT2D eigenvalue weighted by molar-refractivity contribution is 9.10. The van der Waals surface area contributed by atoms with Gasteiger partial charge in [0, 0.05) is 24.8 Å². The number of methoxy groups -OCH3 is 1. The normalized spacial score (nSPS) is 20.6. The zero-order valence-corrected chi connectivity index (χ0v) is 15.7. The van der Waals surface area contributed by atoms with E-state index in [1.54, 1.807) is 19.2 Å². The molecule has 136 valence electrons. The van der Waals surface area contributed by atoms with Crippen LogP contribution in [0, 0.1) is 0 Å². The van der Waals surface area contributed by atoms with Gasteiger partial charge in [-0.15, -0.1) is 0 Å². The van der Waals surface area contributed by atoms with Crippen LogP contribution in [0.25, 0.3) is 11.0 Å². The first-order valence-corrected chi connectivity index (χ1v) is 9.20. The minimum absolute atomic E-state index is 0.0905. The van der Waals surface area contributed by atoms with Gasteiger partial charge in [0.25, 0.3) is 5.91 Å². The van der Waals surface area contributed by atoms with Gasteiger partial charge in [0.05, 0.1) is 18.1 Å². The predicted octanol–water partition coefficient (Wildman–Crippen LogP) is 3.25. The van der Waals surface area contributed by atoms with Gasteiger partial charge in [0.15, 0.2) is 4.67 Å². The maximum absolute atomic E-state index is 12.6. The number of benzene rings is 1. The van der Waals surface area contributed by atoms with E-state index < -0.39 is 0 Å². The number of aliphatic hydroxyl groups excluding tert-OH is 1. The Morgan fingerprint density at radius 3 is 2.76 bits per heavy atom. The highest BCUT2D eigenvalue weighted by Crippen LogP contribution is 2.33. The minimum Gasteiger partial charge on any atom is -0.490 e. The molecule has 1 heterocycles. The number of ether oxygens (including phenoxy) is 2. The molecule has 1 saturated carbocycles. The van der Waals surface area contributed by atoms with Crippen LogP contribution in [0.2, 0.25) is 0 Å². The Morgan fingerprint density at radius 2 is 2.04 bits per heavy atom. The van der Waals surface area contributed by atoms with Crippen LogP contribution < -0.4 is 10.1 Å². The zero-order valence-electron chi connectivity index (χ0n) is 14.1. The molecule has 1 aliphatic rings. The van der Waals surface area contributed by atoms with E-state index in [0.29, 0.717) is 34.8 Å². The summed E-state index contributed by atoms with van der Waals surface area (Å²) in [5.41, 5.74) is 1.08. The predicted molar refractivity (Wildman–Crippen MR) is 97.0 cm³/mol. The van der Waals surface area contributed by atoms with Crippen LogP contribution in [0.4, 0.5) is 0 Å². The lowest BCUT2D eigenvalue weighted by Crippen LogP contribution is -2.38. The number of carbonyl (C=O) groups is 1. The van der Waals surface area contributed by atoms with Crippen molar-refractivity contribution in [3.8, 4) is 5.75 Å². The first-order valence-electron chi connectivity index (χ1n) is 8.40. The molecule has 0 atom stereocenters. The molecule has 1 aromatic carbocycles. The Hall–Kier alpha value is -1.57. The maximum Gasteiger partial charge on any atom is 0.251 e. The Morgan fingerprint density at radius 1 is 1.28 bits per heavy atom. The van der Waals surface area contributed by atoms with Gasteiger partial charge in [-0.3, -0.25) is 4.79 Å². The average molecular weight is 412 g/mol. The van der Waals surface area contributed by atoms with E-state index in [-0.39, 0.29) is 18.1 Å². The highest BCUT2D eigenvalue weighted by Gasteiger charge is 2.22. The molecule has 0 spiro atoms. The smallest absolute Gasteiger partial charge is 0.251 e. The number of rotatable bonds is 6. The van der Waals surface area contributed by atoms with E-state index >= 15 is 0 Å². The summed E-state index contributed by atoms with van der Waals surface area (Å²) in [5.74, 6) is 0.431. The molecule has 3 rings (SSSR count). The fourth-order valence-corrected chi connectivity index (χ4v) is 3.45. The lowest BCUT2D eigenvalue weighted by Gasteiger charge is -2.26. The lowest BCUT2D eigenvalue weighted by atomic mass is 9.93. The van der Waals surface area contributed by atoms with E-state index in [1.165, 1.54) is 0 Å². The van der Waals surface area contributed by atoms with E-state index in [4.69, 9.17) is 13.9 Å². The molecule has 1 fully saturated rings. The molecule has 0 bridgehead atoms.